The molecule has 0 heterocycles. The lowest BCUT2D eigenvalue weighted by Crippen LogP contribution is -2.37. The first-order valence-electron chi connectivity index (χ1n) is 7.42. The maximum atomic E-state index is 11.1. The number of non-ortho nitro benzene ring substituents is 1. The van der Waals surface area contributed by atoms with Crippen LogP contribution in [0.3, 0.4) is 0 Å². The van der Waals surface area contributed by atoms with Crippen LogP contribution in [-0.4, -0.2) is 31.2 Å². The van der Waals surface area contributed by atoms with Crippen molar-refractivity contribution in [3.63, 3.8) is 0 Å². The van der Waals surface area contributed by atoms with E-state index in [1.54, 1.807) is 6.07 Å². The summed E-state index contributed by atoms with van der Waals surface area (Å²) in [6.45, 7) is 3.01. The molecule has 0 aromatic heterocycles. The summed E-state index contributed by atoms with van der Waals surface area (Å²) in [5, 5.41) is 11.1. The number of hydrogen-bond donors (Lipinski definition) is 1. The lowest BCUT2D eigenvalue weighted by molar-refractivity contribution is -0.384. The van der Waals surface area contributed by atoms with Gasteiger partial charge in [0.2, 0.25) is 0 Å². The van der Waals surface area contributed by atoms with E-state index in [0.717, 1.165) is 24.9 Å². The monoisotopic (exact) mass is 293 g/mol. The maximum absolute atomic E-state index is 11.1. The molecule has 0 amide bonds. The highest BCUT2D eigenvalue weighted by atomic mass is 16.6. The van der Waals surface area contributed by atoms with Crippen molar-refractivity contribution < 1.29 is 9.66 Å². The van der Waals surface area contributed by atoms with Crippen LogP contribution in [0.15, 0.2) is 18.2 Å². The molecule has 1 aliphatic rings. The standard InChI is InChI=1S/C15H23N3O3/c1-3-21-14-8-12(7-13(9-14)18(19)20)17(2)15-6-4-5-11(15)10-16/h7-9,11,15H,3-6,10,16H2,1-2H3. The highest BCUT2D eigenvalue weighted by Crippen LogP contribution is 2.35. The van der Waals surface area contributed by atoms with Crippen molar-refractivity contribution in [3.05, 3.63) is 28.3 Å². The van der Waals surface area contributed by atoms with Gasteiger partial charge in [0.05, 0.1) is 17.6 Å². The Hall–Kier alpha value is -1.82. The van der Waals surface area contributed by atoms with Crippen molar-refractivity contribution >= 4 is 11.4 Å². The van der Waals surface area contributed by atoms with Crippen LogP contribution in [0.4, 0.5) is 11.4 Å². The van der Waals surface area contributed by atoms with Crippen LogP contribution in [0.5, 0.6) is 5.75 Å². The third kappa shape index (κ3) is 3.44. The zero-order valence-electron chi connectivity index (χ0n) is 12.6. The first-order chi connectivity index (χ1) is 10.1. The van der Waals surface area contributed by atoms with Crippen LogP contribution < -0.4 is 15.4 Å². The summed E-state index contributed by atoms with van der Waals surface area (Å²) < 4.78 is 5.45. The molecule has 1 aromatic rings. The van der Waals surface area contributed by atoms with E-state index in [2.05, 4.69) is 4.90 Å². The smallest absolute Gasteiger partial charge is 0.275 e. The molecule has 2 unspecified atom stereocenters. The van der Waals surface area contributed by atoms with Gasteiger partial charge < -0.3 is 15.4 Å². The lowest BCUT2D eigenvalue weighted by atomic mass is 10.0. The van der Waals surface area contributed by atoms with Crippen LogP contribution >= 0.6 is 0 Å². The van der Waals surface area contributed by atoms with Gasteiger partial charge in [0.1, 0.15) is 5.75 Å². The van der Waals surface area contributed by atoms with Gasteiger partial charge in [-0.15, -0.1) is 0 Å². The number of nitro benzene ring substituents is 1. The SMILES string of the molecule is CCOc1cc(N(C)C2CCCC2CN)cc([N+](=O)[O-])c1. The van der Waals surface area contributed by atoms with Gasteiger partial charge in [-0.05, 0) is 32.2 Å². The van der Waals surface area contributed by atoms with Gasteiger partial charge in [-0.2, -0.15) is 0 Å². The van der Waals surface area contributed by atoms with E-state index in [4.69, 9.17) is 10.5 Å². The number of ether oxygens (including phenoxy) is 1. The van der Waals surface area contributed by atoms with Crippen molar-refractivity contribution in [1.82, 2.24) is 0 Å². The van der Waals surface area contributed by atoms with Gasteiger partial charge in [-0.25, -0.2) is 0 Å². The van der Waals surface area contributed by atoms with Gasteiger partial charge in [0.25, 0.3) is 5.69 Å². The Morgan fingerprint density at radius 2 is 2.19 bits per heavy atom. The minimum atomic E-state index is -0.380. The van der Waals surface area contributed by atoms with Crippen molar-refractivity contribution in [1.29, 1.82) is 0 Å². The van der Waals surface area contributed by atoms with Gasteiger partial charge in [0.15, 0.2) is 0 Å². The Balaban J connectivity index is 2.30. The van der Waals surface area contributed by atoms with E-state index in [-0.39, 0.29) is 10.6 Å². The Kier molecular flexibility index (Phi) is 5.01. The molecule has 6 heteroatoms. The third-order valence-electron chi connectivity index (χ3n) is 4.22. The number of anilines is 1. The zero-order valence-corrected chi connectivity index (χ0v) is 12.6. The van der Waals surface area contributed by atoms with E-state index in [9.17, 15) is 10.1 Å². The second-order valence-corrected chi connectivity index (χ2v) is 5.48. The fraction of sp³-hybridized carbons (Fsp3) is 0.600. The molecule has 1 saturated carbocycles. The van der Waals surface area contributed by atoms with Gasteiger partial charge in [-0.1, -0.05) is 6.42 Å². The molecule has 0 aliphatic heterocycles. The summed E-state index contributed by atoms with van der Waals surface area (Å²) in [5.41, 5.74) is 6.71. The minimum Gasteiger partial charge on any atom is -0.494 e. The molecule has 1 aromatic carbocycles. The molecule has 0 bridgehead atoms. The highest BCUT2D eigenvalue weighted by Gasteiger charge is 2.30. The highest BCUT2D eigenvalue weighted by molar-refractivity contribution is 5.58. The molecule has 1 fully saturated rings. The average molecular weight is 293 g/mol. The number of nitrogens with two attached hydrogens (primary N) is 1. The molecule has 0 spiro atoms. The Labute approximate surface area is 125 Å². The quantitative estimate of drug-likeness (QED) is 0.644. The van der Waals surface area contributed by atoms with E-state index in [1.165, 1.54) is 6.07 Å². The lowest BCUT2D eigenvalue weighted by Gasteiger charge is -2.31. The summed E-state index contributed by atoms with van der Waals surface area (Å²) in [6.07, 6.45) is 3.36. The summed E-state index contributed by atoms with van der Waals surface area (Å²) in [4.78, 5) is 12.8. The molecular formula is C15H23N3O3. The molecule has 0 radical (unpaired) electrons. The second-order valence-electron chi connectivity index (χ2n) is 5.48. The molecule has 2 atom stereocenters. The Morgan fingerprint density at radius 3 is 2.81 bits per heavy atom. The zero-order chi connectivity index (χ0) is 15.4. The summed E-state index contributed by atoms with van der Waals surface area (Å²) in [6, 6.07) is 5.28. The number of nitro groups is 1. The van der Waals surface area contributed by atoms with Gasteiger partial charge in [-0.3, -0.25) is 10.1 Å². The number of benzene rings is 1. The molecule has 1 aliphatic carbocycles. The fourth-order valence-electron chi connectivity index (χ4n) is 3.12. The Bertz CT molecular complexity index is 507. The molecule has 0 saturated heterocycles. The van der Waals surface area contributed by atoms with Gasteiger partial charge >= 0.3 is 0 Å². The predicted molar refractivity (Wildman–Crippen MR) is 82.9 cm³/mol. The van der Waals surface area contributed by atoms with Crippen LogP contribution in [-0.2, 0) is 0 Å². The molecular weight excluding hydrogens is 270 g/mol. The first-order valence-corrected chi connectivity index (χ1v) is 7.42. The normalized spacial score (nSPS) is 21.3. The average Bonchev–Trinajstić information content (AvgIpc) is 2.94. The first kappa shape index (κ1) is 15.6. The second kappa shape index (κ2) is 6.76. The van der Waals surface area contributed by atoms with E-state index < -0.39 is 0 Å². The van der Waals surface area contributed by atoms with Crippen LogP contribution in [0, 0.1) is 16.0 Å². The van der Waals surface area contributed by atoms with E-state index in [0.29, 0.717) is 30.9 Å². The van der Waals surface area contributed by atoms with E-state index >= 15 is 0 Å². The topological polar surface area (TPSA) is 81.6 Å². The summed E-state index contributed by atoms with van der Waals surface area (Å²) in [5.74, 6) is 0.987. The van der Waals surface area contributed by atoms with Crippen molar-refractivity contribution in [3.8, 4) is 5.75 Å². The predicted octanol–water partition coefficient (Wildman–Crippen LogP) is 2.56. The molecule has 6 nitrogen and oxygen atoms in total. The number of nitrogens with zero attached hydrogens (tertiary/aromatic N) is 2. The molecule has 21 heavy (non-hydrogen) atoms. The number of hydrogen-bond acceptors (Lipinski definition) is 5. The largest absolute Gasteiger partial charge is 0.494 e. The summed E-state index contributed by atoms with van der Waals surface area (Å²) in [7, 11) is 1.98. The van der Waals surface area contributed by atoms with Crippen molar-refractivity contribution in [2.75, 3.05) is 25.1 Å². The summed E-state index contributed by atoms with van der Waals surface area (Å²) >= 11 is 0. The number of rotatable bonds is 6. The molecule has 116 valence electrons. The van der Waals surface area contributed by atoms with Crippen LogP contribution in [0.1, 0.15) is 26.2 Å². The minimum absolute atomic E-state index is 0.0603. The van der Waals surface area contributed by atoms with Crippen LogP contribution in [0.25, 0.3) is 0 Å². The Morgan fingerprint density at radius 1 is 1.43 bits per heavy atom. The van der Waals surface area contributed by atoms with E-state index in [1.807, 2.05) is 20.0 Å². The maximum Gasteiger partial charge on any atom is 0.275 e. The van der Waals surface area contributed by atoms with Crippen molar-refractivity contribution in [2.24, 2.45) is 11.7 Å². The molecule has 2 rings (SSSR count). The molecule has 2 N–H and O–H groups in total. The van der Waals surface area contributed by atoms with Crippen molar-refractivity contribution in [2.45, 2.75) is 32.2 Å². The third-order valence-corrected chi connectivity index (χ3v) is 4.22. The fourth-order valence-corrected chi connectivity index (χ4v) is 3.12. The van der Waals surface area contributed by atoms with Gasteiger partial charge in [0, 0.05) is 30.9 Å². The van der Waals surface area contributed by atoms with Crippen LogP contribution in [0.2, 0.25) is 0 Å².